The Balaban J connectivity index is 1.59. The van der Waals surface area contributed by atoms with E-state index in [0.29, 0.717) is 35.0 Å². The fraction of sp³-hybridized carbons (Fsp3) is 0.222. The van der Waals surface area contributed by atoms with Crippen LogP contribution < -0.4 is 4.72 Å². The Kier molecular flexibility index (Phi) is 4.39. The molecule has 6 nitrogen and oxygen atoms in total. The van der Waals surface area contributed by atoms with Crippen LogP contribution in [-0.2, 0) is 16.4 Å². The number of nitrogens with zero attached hydrogens (tertiary/aromatic N) is 2. The minimum absolute atomic E-state index is 0.246. The monoisotopic (exact) mass is 391 g/mol. The Morgan fingerprint density at radius 2 is 1.89 bits per heavy atom. The second kappa shape index (κ2) is 6.73. The topological polar surface area (TPSA) is 85.1 Å². The molecule has 1 N–H and O–H groups in total. The van der Waals surface area contributed by atoms with Gasteiger partial charge in [0.1, 0.15) is 0 Å². The van der Waals surface area contributed by atoms with Gasteiger partial charge in [0.2, 0.25) is 5.89 Å². The Labute approximate surface area is 154 Å². The molecule has 3 aromatic rings. The van der Waals surface area contributed by atoms with Gasteiger partial charge in [0, 0.05) is 5.92 Å². The van der Waals surface area contributed by atoms with Crippen molar-refractivity contribution in [1.29, 1.82) is 0 Å². The molecule has 0 amide bonds. The summed E-state index contributed by atoms with van der Waals surface area (Å²) in [7, 11) is -4.09. The molecular formula is C18H15F2N3O3S. The van der Waals surface area contributed by atoms with Crippen LogP contribution in [-0.4, -0.2) is 18.6 Å². The highest BCUT2D eigenvalue weighted by Gasteiger charge is 2.29. The summed E-state index contributed by atoms with van der Waals surface area (Å²) in [6, 6.07) is 9.13. The summed E-state index contributed by atoms with van der Waals surface area (Å²) in [5.41, 5.74) is 0.920. The number of hydrogen-bond acceptors (Lipinski definition) is 5. The van der Waals surface area contributed by atoms with E-state index >= 15 is 0 Å². The van der Waals surface area contributed by atoms with Gasteiger partial charge in [-0.1, -0.05) is 23.4 Å². The SMILES string of the molecule is O=S(=O)(Nc1ccccc1Cc1nc(C2CC2)no1)c1ccc(F)c(F)c1. The number of sulfonamides is 1. The fourth-order valence-corrected chi connectivity index (χ4v) is 3.74. The van der Waals surface area contributed by atoms with Crippen LogP contribution in [0, 0.1) is 11.6 Å². The van der Waals surface area contributed by atoms with Gasteiger partial charge in [0.05, 0.1) is 17.0 Å². The second-order valence-electron chi connectivity index (χ2n) is 6.34. The van der Waals surface area contributed by atoms with E-state index in [-0.39, 0.29) is 11.3 Å². The molecule has 0 spiro atoms. The van der Waals surface area contributed by atoms with Crippen LogP contribution in [0.25, 0.3) is 0 Å². The zero-order valence-corrected chi connectivity index (χ0v) is 14.8. The Morgan fingerprint density at radius 3 is 2.63 bits per heavy atom. The van der Waals surface area contributed by atoms with Crippen molar-refractivity contribution in [3.63, 3.8) is 0 Å². The summed E-state index contributed by atoms with van der Waals surface area (Å²) in [4.78, 5) is 3.97. The number of benzene rings is 2. The number of nitrogens with one attached hydrogen (secondary N) is 1. The molecule has 1 fully saturated rings. The molecule has 140 valence electrons. The molecule has 0 saturated heterocycles. The lowest BCUT2D eigenvalue weighted by molar-refractivity contribution is 0.379. The van der Waals surface area contributed by atoms with Crippen LogP contribution in [0.4, 0.5) is 14.5 Å². The predicted octanol–water partition coefficient (Wildman–Crippen LogP) is 3.62. The van der Waals surface area contributed by atoms with E-state index in [2.05, 4.69) is 14.9 Å². The van der Waals surface area contributed by atoms with Gasteiger partial charge in [-0.2, -0.15) is 4.98 Å². The highest BCUT2D eigenvalue weighted by Crippen LogP contribution is 2.38. The number of para-hydroxylation sites is 1. The molecule has 1 aromatic heterocycles. The number of hydrogen-bond donors (Lipinski definition) is 1. The van der Waals surface area contributed by atoms with Crippen molar-refractivity contribution in [1.82, 2.24) is 10.1 Å². The molecule has 0 radical (unpaired) electrons. The zero-order valence-electron chi connectivity index (χ0n) is 14.0. The van der Waals surface area contributed by atoms with E-state index in [0.717, 1.165) is 25.0 Å². The van der Waals surface area contributed by atoms with E-state index < -0.39 is 21.7 Å². The van der Waals surface area contributed by atoms with E-state index in [1.165, 1.54) is 0 Å². The van der Waals surface area contributed by atoms with Crippen molar-refractivity contribution >= 4 is 15.7 Å². The average Bonchev–Trinajstić information content (AvgIpc) is 3.38. The van der Waals surface area contributed by atoms with Crippen molar-refractivity contribution in [2.24, 2.45) is 0 Å². The summed E-state index contributed by atoms with van der Waals surface area (Å²) in [6.45, 7) is 0. The van der Waals surface area contributed by atoms with Crippen LogP contribution in [0.3, 0.4) is 0 Å². The van der Waals surface area contributed by atoms with Crippen molar-refractivity contribution in [3.8, 4) is 0 Å². The van der Waals surface area contributed by atoms with Crippen LogP contribution >= 0.6 is 0 Å². The number of anilines is 1. The molecule has 0 aliphatic heterocycles. The predicted molar refractivity (Wildman–Crippen MR) is 92.7 cm³/mol. The zero-order chi connectivity index (χ0) is 19.0. The summed E-state index contributed by atoms with van der Waals surface area (Å²) >= 11 is 0. The third kappa shape index (κ3) is 3.82. The largest absolute Gasteiger partial charge is 0.339 e. The van der Waals surface area contributed by atoms with Crippen LogP contribution in [0.2, 0.25) is 0 Å². The van der Waals surface area contributed by atoms with E-state index in [1.54, 1.807) is 24.3 Å². The van der Waals surface area contributed by atoms with Crippen LogP contribution in [0.5, 0.6) is 0 Å². The molecule has 1 aliphatic carbocycles. The quantitative estimate of drug-likeness (QED) is 0.694. The molecule has 27 heavy (non-hydrogen) atoms. The lowest BCUT2D eigenvalue weighted by atomic mass is 10.1. The van der Waals surface area contributed by atoms with E-state index in [1.807, 2.05) is 0 Å². The average molecular weight is 391 g/mol. The molecule has 2 aromatic carbocycles. The molecular weight excluding hydrogens is 376 g/mol. The van der Waals surface area contributed by atoms with Gasteiger partial charge in [-0.05, 0) is 42.7 Å². The van der Waals surface area contributed by atoms with Crippen LogP contribution in [0.1, 0.15) is 36.0 Å². The maximum Gasteiger partial charge on any atom is 0.262 e. The number of aromatic nitrogens is 2. The van der Waals surface area contributed by atoms with Crippen molar-refractivity contribution in [2.45, 2.75) is 30.1 Å². The Morgan fingerprint density at radius 1 is 1.11 bits per heavy atom. The summed E-state index contributed by atoms with van der Waals surface area (Å²) in [5.74, 6) is -0.937. The molecule has 1 heterocycles. The molecule has 1 aliphatic rings. The maximum absolute atomic E-state index is 13.4. The molecule has 4 rings (SSSR count). The first-order valence-electron chi connectivity index (χ1n) is 8.30. The lowest BCUT2D eigenvalue weighted by Gasteiger charge is -2.12. The first kappa shape index (κ1) is 17.6. The smallest absolute Gasteiger partial charge is 0.262 e. The molecule has 0 bridgehead atoms. The third-order valence-electron chi connectivity index (χ3n) is 4.23. The van der Waals surface area contributed by atoms with Gasteiger partial charge in [-0.15, -0.1) is 0 Å². The second-order valence-corrected chi connectivity index (χ2v) is 8.02. The normalized spacial score (nSPS) is 14.3. The van der Waals surface area contributed by atoms with Gasteiger partial charge >= 0.3 is 0 Å². The Bertz CT molecular complexity index is 1090. The molecule has 9 heteroatoms. The van der Waals surface area contributed by atoms with Crippen molar-refractivity contribution in [3.05, 3.63) is 71.4 Å². The van der Waals surface area contributed by atoms with E-state index in [9.17, 15) is 17.2 Å². The molecule has 1 saturated carbocycles. The number of rotatable bonds is 6. The lowest BCUT2D eigenvalue weighted by Crippen LogP contribution is -2.15. The van der Waals surface area contributed by atoms with E-state index in [4.69, 9.17) is 4.52 Å². The van der Waals surface area contributed by atoms with Gasteiger partial charge < -0.3 is 4.52 Å². The van der Waals surface area contributed by atoms with Gasteiger partial charge in [0.15, 0.2) is 17.5 Å². The van der Waals surface area contributed by atoms with Crippen molar-refractivity contribution in [2.75, 3.05) is 4.72 Å². The van der Waals surface area contributed by atoms with Gasteiger partial charge in [-0.3, -0.25) is 4.72 Å². The minimum atomic E-state index is -4.09. The first-order valence-corrected chi connectivity index (χ1v) is 9.79. The van der Waals surface area contributed by atoms with Crippen LogP contribution in [0.15, 0.2) is 51.9 Å². The molecule has 0 atom stereocenters. The summed E-state index contributed by atoms with van der Waals surface area (Å²) in [5, 5.41) is 3.94. The van der Waals surface area contributed by atoms with Crippen molar-refractivity contribution < 1.29 is 21.7 Å². The number of halogens is 2. The fourth-order valence-electron chi connectivity index (χ4n) is 2.63. The van der Waals surface area contributed by atoms with Gasteiger partial charge in [0.25, 0.3) is 10.0 Å². The summed E-state index contributed by atoms with van der Waals surface area (Å²) < 4.78 is 59.1. The first-order chi connectivity index (χ1) is 12.9. The summed E-state index contributed by atoms with van der Waals surface area (Å²) in [6.07, 6.45) is 2.34. The van der Waals surface area contributed by atoms with Gasteiger partial charge in [-0.25, -0.2) is 17.2 Å². The Hall–Kier alpha value is -2.81. The highest BCUT2D eigenvalue weighted by atomic mass is 32.2. The minimum Gasteiger partial charge on any atom is -0.339 e. The molecule has 0 unspecified atom stereocenters. The maximum atomic E-state index is 13.4. The standard InChI is InChI=1S/C18H15F2N3O3S/c19-14-8-7-13(10-15(14)20)27(24,25)23-16-4-2-1-3-12(16)9-17-21-18(22-26-17)11-5-6-11/h1-4,7-8,10-11,23H,5-6,9H2. The third-order valence-corrected chi connectivity index (χ3v) is 5.59. The highest BCUT2D eigenvalue weighted by molar-refractivity contribution is 7.92.